The third-order valence-corrected chi connectivity index (χ3v) is 4.32. The van der Waals surface area contributed by atoms with Gasteiger partial charge in [0.15, 0.2) is 0 Å². The maximum Gasteiger partial charge on any atom is 0.341 e. The molecule has 24 heavy (non-hydrogen) atoms. The molecule has 0 fully saturated rings. The van der Waals surface area contributed by atoms with Crippen molar-refractivity contribution in [3.63, 3.8) is 0 Å². The Hall–Kier alpha value is -2.63. The summed E-state index contributed by atoms with van der Waals surface area (Å²) in [6.45, 7) is 6.83. The second kappa shape index (κ2) is 6.47. The van der Waals surface area contributed by atoms with Gasteiger partial charge in [-0.05, 0) is 39.3 Å². The highest BCUT2D eigenvalue weighted by molar-refractivity contribution is 5.91. The van der Waals surface area contributed by atoms with Gasteiger partial charge >= 0.3 is 5.97 Å². The van der Waals surface area contributed by atoms with Crippen LogP contribution in [0.4, 0.5) is 0 Å². The number of carbonyl (C=O) groups is 1. The fourth-order valence-corrected chi connectivity index (χ4v) is 3.01. The van der Waals surface area contributed by atoms with Crippen LogP contribution in [-0.4, -0.2) is 31.9 Å². The van der Waals surface area contributed by atoms with Crippen molar-refractivity contribution in [2.75, 3.05) is 6.61 Å². The van der Waals surface area contributed by atoms with Crippen molar-refractivity contribution in [2.45, 2.75) is 33.7 Å². The number of ether oxygens (including phenoxy) is 1. The van der Waals surface area contributed by atoms with Crippen LogP contribution in [0.2, 0.25) is 0 Å². The van der Waals surface area contributed by atoms with E-state index in [0.29, 0.717) is 17.9 Å². The van der Waals surface area contributed by atoms with Gasteiger partial charge in [0.1, 0.15) is 11.4 Å². The Labute approximate surface area is 141 Å². The summed E-state index contributed by atoms with van der Waals surface area (Å²) in [6, 6.07) is 8.06. The van der Waals surface area contributed by atoms with E-state index in [1.807, 2.05) is 46.0 Å². The Morgan fingerprint density at radius 3 is 2.67 bits per heavy atom. The molecule has 2 heterocycles. The van der Waals surface area contributed by atoms with Gasteiger partial charge in [-0.15, -0.1) is 0 Å². The van der Waals surface area contributed by atoms with Crippen LogP contribution < -0.4 is 0 Å². The third-order valence-electron chi connectivity index (χ3n) is 4.32. The van der Waals surface area contributed by atoms with E-state index in [1.165, 1.54) is 0 Å². The minimum Gasteiger partial charge on any atom is -0.462 e. The first-order valence-corrected chi connectivity index (χ1v) is 8.08. The number of nitrogens with zero attached hydrogens (tertiary/aromatic N) is 4. The van der Waals surface area contributed by atoms with Gasteiger partial charge in [0.05, 0.1) is 23.3 Å². The van der Waals surface area contributed by atoms with Crippen molar-refractivity contribution < 1.29 is 9.53 Å². The largest absolute Gasteiger partial charge is 0.462 e. The van der Waals surface area contributed by atoms with E-state index in [0.717, 1.165) is 35.5 Å². The average molecular weight is 326 g/mol. The van der Waals surface area contributed by atoms with Gasteiger partial charge in [0, 0.05) is 19.3 Å². The van der Waals surface area contributed by atoms with Gasteiger partial charge in [-0.1, -0.05) is 12.1 Å². The number of hydrogen-bond donors (Lipinski definition) is 0. The van der Waals surface area contributed by atoms with Crippen molar-refractivity contribution in [2.24, 2.45) is 7.05 Å². The van der Waals surface area contributed by atoms with Crippen LogP contribution in [0.15, 0.2) is 24.3 Å². The molecule has 0 bridgehead atoms. The summed E-state index contributed by atoms with van der Waals surface area (Å²) in [6.07, 6.45) is 0.741. The van der Waals surface area contributed by atoms with Crippen LogP contribution in [0.5, 0.6) is 0 Å². The van der Waals surface area contributed by atoms with Crippen LogP contribution in [0.25, 0.3) is 11.0 Å². The molecule has 2 aromatic heterocycles. The van der Waals surface area contributed by atoms with Crippen molar-refractivity contribution in [1.29, 1.82) is 0 Å². The molecular weight excluding hydrogens is 304 g/mol. The summed E-state index contributed by atoms with van der Waals surface area (Å²) in [5, 5.41) is 4.25. The number of carbonyl (C=O) groups excluding carboxylic acids is 1. The summed E-state index contributed by atoms with van der Waals surface area (Å²) in [7, 11) is 1.83. The van der Waals surface area contributed by atoms with Crippen LogP contribution in [0.1, 0.15) is 34.0 Å². The lowest BCUT2D eigenvalue weighted by Crippen LogP contribution is -2.11. The normalized spacial score (nSPS) is 11.2. The molecule has 126 valence electrons. The number of imidazole rings is 1. The Balaban J connectivity index is 1.61. The Bertz CT molecular complexity index is 892. The van der Waals surface area contributed by atoms with E-state index in [1.54, 1.807) is 4.68 Å². The lowest BCUT2D eigenvalue weighted by Gasteiger charge is -2.08. The van der Waals surface area contributed by atoms with E-state index in [-0.39, 0.29) is 5.97 Å². The summed E-state index contributed by atoms with van der Waals surface area (Å²) >= 11 is 0. The monoisotopic (exact) mass is 326 g/mol. The van der Waals surface area contributed by atoms with Gasteiger partial charge in [0.25, 0.3) is 0 Å². The second-order valence-electron chi connectivity index (χ2n) is 5.96. The van der Waals surface area contributed by atoms with E-state index in [4.69, 9.17) is 4.74 Å². The molecule has 0 atom stereocenters. The lowest BCUT2D eigenvalue weighted by molar-refractivity contribution is 0.0494. The highest BCUT2D eigenvalue weighted by Crippen LogP contribution is 2.16. The smallest absolute Gasteiger partial charge is 0.341 e. The topological polar surface area (TPSA) is 61.9 Å². The Morgan fingerprint density at radius 2 is 1.96 bits per heavy atom. The highest BCUT2D eigenvalue weighted by atomic mass is 16.5. The predicted octanol–water partition coefficient (Wildman–Crippen LogP) is 2.94. The van der Waals surface area contributed by atoms with Gasteiger partial charge in [-0.3, -0.25) is 4.68 Å². The number of fused-ring (bicyclic) bond motifs is 1. The summed E-state index contributed by atoms with van der Waals surface area (Å²) in [4.78, 5) is 16.8. The summed E-state index contributed by atoms with van der Waals surface area (Å²) < 4.78 is 9.29. The van der Waals surface area contributed by atoms with E-state index < -0.39 is 0 Å². The molecule has 6 nitrogen and oxygen atoms in total. The van der Waals surface area contributed by atoms with Crippen LogP contribution >= 0.6 is 0 Å². The molecule has 0 saturated carbocycles. The fourth-order valence-electron chi connectivity index (χ4n) is 3.01. The molecule has 0 aliphatic heterocycles. The number of rotatable bonds is 5. The maximum atomic E-state index is 12.2. The minimum atomic E-state index is -0.301. The molecule has 3 aromatic rings. The lowest BCUT2D eigenvalue weighted by atomic mass is 10.2. The molecule has 6 heteroatoms. The van der Waals surface area contributed by atoms with Crippen LogP contribution in [-0.2, 0) is 18.3 Å². The Morgan fingerprint density at radius 1 is 1.21 bits per heavy atom. The first-order chi connectivity index (χ1) is 11.5. The maximum absolute atomic E-state index is 12.2. The van der Waals surface area contributed by atoms with Crippen LogP contribution in [0, 0.1) is 20.8 Å². The zero-order chi connectivity index (χ0) is 17.3. The molecule has 0 saturated heterocycles. The van der Waals surface area contributed by atoms with Crippen molar-refractivity contribution in [1.82, 2.24) is 19.3 Å². The molecule has 0 amide bonds. The zero-order valence-corrected chi connectivity index (χ0v) is 14.5. The second-order valence-corrected chi connectivity index (χ2v) is 5.96. The molecule has 0 spiro atoms. The predicted molar refractivity (Wildman–Crippen MR) is 92.1 cm³/mol. The number of aromatic nitrogens is 4. The standard InChI is InChI=1S/C18H22N4O2/c1-12-17(13(2)21(4)20-12)18(23)24-11-7-10-22-14(3)19-15-8-5-6-9-16(15)22/h5-6,8-9H,7,10-11H2,1-4H3. The minimum absolute atomic E-state index is 0.301. The quantitative estimate of drug-likeness (QED) is 0.534. The first-order valence-electron chi connectivity index (χ1n) is 8.08. The number of esters is 1. The van der Waals surface area contributed by atoms with E-state index in [9.17, 15) is 4.79 Å². The van der Waals surface area contributed by atoms with Crippen molar-refractivity contribution in [3.8, 4) is 0 Å². The number of hydrogen-bond acceptors (Lipinski definition) is 4. The first kappa shape index (κ1) is 16.2. The molecule has 3 rings (SSSR count). The van der Waals surface area contributed by atoms with Gasteiger partial charge in [0.2, 0.25) is 0 Å². The molecule has 0 unspecified atom stereocenters. The highest BCUT2D eigenvalue weighted by Gasteiger charge is 2.18. The zero-order valence-electron chi connectivity index (χ0n) is 14.5. The molecule has 0 aliphatic rings. The SMILES string of the molecule is Cc1nn(C)c(C)c1C(=O)OCCCn1c(C)nc2ccccc21. The van der Waals surface area contributed by atoms with Crippen LogP contribution in [0.3, 0.4) is 0 Å². The molecular formula is C18H22N4O2. The number of aryl methyl sites for hydroxylation is 4. The molecule has 0 N–H and O–H groups in total. The average Bonchev–Trinajstić information content (AvgIpc) is 2.99. The Kier molecular flexibility index (Phi) is 4.38. The van der Waals surface area contributed by atoms with E-state index >= 15 is 0 Å². The number of para-hydroxylation sites is 2. The number of benzene rings is 1. The summed E-state index contributed by atoms with van der Waals surface area (Å²) in [5.74, 6) is 0.673. The van der Waals surface area contributed by atoms with Gasteiger partial charge in [-0.25, -0.2) is 9.78 Å². The van der Waals surface area contributed by atoms with Crippen molar-refractivity contribution >= 4 is 17.0 Å². The molecule has 0 aliphatic carbocycles. The van der Waals surface area contributed by atoms with E-state index in [2.05, 4.69) is 20.7 Å². The van der Waals surface area contributed by atoms with Gasteiger partial charge in [-0.2, -0.15) is 5.10 Å². The fraction of sp³-hybridized carbons (Fsp3) is 0.389. The van der Waals surface area contributed by atoms with Crippen molar-refractivity contribution in [3.05, 3.63) is 47.0 Å². The molecule has 1 aromatic carbocycles. The van der Waals surface area contributed by atoms with Gasteiger partial charge < -0.3 is 9.30 Å². The molecule has 0 radical (unpaired) electrons. The summed E-state index contributed by atoms with van der Waals surface area (Å²) in [5.41, 5.74) is 4.21. The third kappa shape index (κ3) is 2.91.